The number of nitrogens with zero attached hydrogens (tertiary/aromatic N) is 1. The zero-order valence-corrected chi connectivity index (χ0v) is 15.3. The van der Waals surface area contributed by atoms with Crippen molar-refractivity contribution in [2.24, 2.45) is 5.73 Å². The molecule has 136 valence electrons. The van der Waals surface area contributed by atoms with Gasteiger partial charge in [-0.2, -0.15) is 5.26 Å². The molecule has 1 fully saturated rings. The second kappa shape index (κ2) is 7.08. The van der Waals surface area contributed by atoms with E-state index in [1.165, 1.54) is 12.1 Å². The van der Waals surface area contributed by atoms with Crippen molar-refractivity contribution in [2.75, 3.05) is 13.7 Å². The molecule has 3 N–H and O–H groups in total. The molecule has 0 heterocycles. The normalized spacial score (nSPS) is 16.5. The van der Waals surface area contributed by atoms with Crippen LogP contribution in [0.2, 0.25) is 0 Å². The first-order valence-electron chi connectivity index (χ1n) is 8.32. The van der Waals surface area contributed by atoms with Gasteiger partial charge in [-0.3, -0.25) is 0 Å². The van der Waals surface area contributed by atoms with Crippen LogP contribution in [0.4, 0.5) is 0 Å². The second-order valence-electron chi connectivity index (χ2n) is 6.40. The van der Waals surface area contributed by atoms with E-state index in [0.29, 0.717) is 5.75 Å². The van der Waals surface area contributed by atoms with Crippen LogP contribution in [0.5, 0.6) is 5.75 Å². The Hall–Kier alpha value is -2.40. The highest BCUT2D eigenvalue weighted by Crippen LogP contribution is 2.47. The largest absolute Gasteiger partial charge is 0.497 e. The van der Waals surface area contributed by atoms with E-state index >= 15 is 0 Å². The molecule has 7 heteroatoms. The number of sulfonamides is 1. The quantitative estimate of drug-likeness (QED) is 0.776. The van der Waals surface area contributed by atoms with E-state index in [9.17, 15) is 13.7 Å². The molecule has 0 bridgehead atoms. The summed E-state index contributed by atoms with van der Waals surface area (Å²) >= 11 is 0. The van der Waals surface area contributed by atoms with E-state index in [1.807, 2.05) is 0 Å². The molecule has 0 spiro atoms. The van der Waals surface area contributed by atoms with Crippen LogP contribution in [0.15, 0.2) is 53.4 Å². The molecule has 2 aromatic carbocycles. The minimum atomic E-state index is -3.74. The van der Waals surface area contributed by atoms with Gasteiger partial charge in [0.2, 0.25) is 10.0 Å². The minimum absolute atomic E-state index is 0.113. The van der Waals surface area contributed by atoms with Gasteiger partial charge < -0.3 is 10.5 Å². The van der Waals surface area contributed by atoms with E-state index < -0.39 is 21.5 Å². The molecule has 0 radical (unpaired) electrons. The highest BCUT2D eigenvalue weighted by Gasteiger charge is 2.44. The van der Waals surface area contributed by atoms with E-state index in [0.717, 1.165) is 24.0 Å². The number of nitrogens with two attached hydrogens (primary N) is 1. The van der Waals surface area contributed by atoms with E-state index in [4.69, 9.17) is 10.5 Å². The monoisotopic (exact) mass is 371 g/mol. The fourth-order valence-electron chi connectivity index (χ4n) is 2.91. The standard InChI is InChI=1S/C19H21N3O3S/c1-25-16-4-2-3-14(11-16)18(12-20)22-26(23,24)17-7-5-15(6-8-17)19(13-21)9-10-19/h2-8,11,18,22H,9-10,12,20H2,1H3. The van der Waals surface area contributed by atoms with Gasteiger partial charge in [-0.1, -0.05) is 24.3 Å². The lowest BCUT2D eigenvalue weighted by Crippen LogP contribution is -2.33. The molecule has 1 aliphatic rings. The lowest BCUT2D eigenvalue weighted by atomic mass is 9.98. The van der Waals surface area contributed by atoms with Crippen molar-refractivity contribution in [3.05, 3.63) is 59.7 Å². The Morgan fingerprint density at radius 3 is 2.50 bits per heavy atom. The maximum Gasteiger partial charge on any atom is 0.241 e. The molecule has 2 aromatic rings. The molecule has 1 atom stereocenters. The average Bonchev–Trinajstić information content (AvgIpc) is 3.47. The van der Waals surface area contributed by atoms with Crippen LogP contribution in [0.1, 0.15) is 30.0 Å². The molecule has 6 nitrogen and oxygen atoms in total. The second-order valence-corrected chi connectivity index (χ2v) is 8.12. The fourth-order valence-corrected chi connectivity index (χ4v) is 4.15. The third-order valence-electron chi connectivity index (χ3n) is 4.71. The molecular formula is C19H21N3O3S. The smallest absolute Gasteiger partial charge is 0.241 e. The molecule has 1 unspecified atom stereocenters. The van der Waals surface area contributed by atoms with Crippen LogP contribution in [0.25, 0.3) is 0 Å². The maximum absolute atomic E-state index is 12.7. The molecule has 26 heavy (non-hydrogen) atoms. The molecule has 0 aromatic heterocycles. The topological polar surface area (TPSA) is 105 Å². The van der Waals surface area contributed by atoms with Gasteiger partial charge in [-0.05, 0) is 48.2 Å². The van der Waals surface area contributed by atoms with Gasteiger partial charge in [0.25, 0.3) is 0 Å². The van der Waals surface area contributed by atoms with E-state index in [2.05, 4.69) is 10.8 Å². The summed E-state index contributed by atoms with van der Waals surface area (Å²) in [7, 11) is -2.19. The summed E-state index contributed by atoms with van der Waals surface area (Å²) in [6, 6.07) is 15.4. The van der Waals surface area contributed by atoms with Crippen LogP contribution in [0, 0.1) is 11.3 Å². The first-order chi connectivity index (χ1) is 12.4. The summed E-state index contributed by atoms with van der Waals surface area (Å²) in [4.78, 5) is 0.149. The number of rotatable bonds is 7. The van der Waals surface area contributed by atoms with Crippen LogP contribution >= 0.6 is 0 Å². The maximum atomic E-state index is 12.7. The molecule has 0 saturated heterocycles. The van der Waals surface area contributed by atoms with Crippen LogP contribution < -0.4 is 15.2 Å². The lowest BCUT2D eigenvalue weighted by molar-refractivity contribution is 0.413. The summed E-state index contributed by atoms with van der Waals surface area (Å²) in [6.45, 7) is 0.113. The lowest BCUT2D eigenvalue weighted by Gasteiger charge is -2.18. The summed E-state index contributed by atoms with van der Waals surface area (Å²) < 4.78 is 33.2. The minimum Gasteiger partial charge on any atom is -0.497 e. The molecule has 0 amide bonds. The number of nitrogens with one attached hydrogen (secondary N) is 1. The predicted octanol–water partition coefficient (Wildman–Crippen LogP) is 2.23. The summed E-state index contributed by atoms with van der Waals surface area (Å²) in [5.41, 5.74) is 6.94. The van der Waals surface area contributed by atoms with Gasteiger partial charge in [-0.25, -0.2) is 13.1 Å². The zero-order valence-electron chi connectivity index (χ0n) is 14.5. The summed E-state index contributed by atoms with van der Waals surface area (Å²) in [5, 5.41) is 9.25. The van der Waals surface area contributed by atoms with Gasteiger partial charge in [0.15, 0.2) is 0 Å². The van der Waals surface area contributed by atoms with Crippen molar-refractivity contribution in [3.63, 3.8) is 0 Å². The van der Waals surface area contributed by atoms with Gasteiger partial charge in [0.1, 0.15) is 5.75 Å². The van der Waals surface area contributed by atoms with Crippen LogP contribution in [-0.4, -0.2) is 22.1 Å². The van der Waals surface area contributed by atoms with Crippen molar-refractivity contribution in [1.82, 2.24) is 4.72 Å². The Labute approximate surface area is 153 Å². The highest BCUT2D eigenvalue weighted by molar-refractivity contribution is 7.89. The fraction of sp³-hybridized carbons (Fsp3) is 0.316. The predicted molar refractivity (Wildman–Crippen MR) is 98.1 cm³/mol. The van der Waals surface area contributed by atoms with Crippen molar-refractivity contribution < 1.29 is 13.2 Å². The molecule has 1 aliphatic carbocycles. The number of nitriles is 1. The number of hydrogen-bond acceptors (Lipinski definition) is 5. The van der Waals surface area contributed by atoms with Crippen LogP contribution in [0.3, 0.4) is 0 Å². The van der Waals surface area contributed by atoms with Gasteiger partial charge in [0.05, 0.1) is 29.5 Å². The van der Waals surface area contributed by atoms with Crippen LogP contribution in [-0.2, 0) is 15.4 Å². The van der Waals surface area contributed by atoms with E-state index in [1.54, 1.807) is 43.5 Å². The Kier molecular flexibility index (Phi) is 5.01. The summed E-state index contributed by atoms with van der Waals surface area (Å²) in [5.74, 6) is 0.635. The van der Waals surface area contributed by atoms with E-state index in [-0.39, 0.29) is 11.4 Å². The average molecular weight is 371 g/mol. The Morgan fingerprint density at radius 2 is 1.96 bits per heavy atom. The van der Waals surface area contributed by atoms with Crippen molar-refractivity contribution in [2.45, 2.75) is 29.2 Å². The van der Waals surface area contributed by atoms with Crippen molar-refractivity contribution >= 4 is 10.0 Å². The molecule has 0 aliphatic heterocycles. The van der Waals surface area contributed by atoms with Crippen molar-refractivity contribution in [3.8, 4) is 11.8 Å². The van der Waals surface area contributed by atoms with Crippen molar-refractivity contribution in [1.29, 1.82) is 5.26 Å². The number of hydrogen-bond donors (Lipinski definition) is 2. The van der Waals surface area contributed by atoms with Gasteiger partial charge in [0, 0.05) is 6.54 Å². The Balaban J connectivity index is 1.82. The molecule has 1 saturated carbocycles. The summed E-state index contributed by atoms with van der Waals surface area (Å²) in [6.07, 6.45) is 1.64. The molecule has 3 rings (SSSR count). The highest BCUT2D eigenvalue weighted by atomic mass is 32.2. The number of methoxy groups -OCH3 is 1. The Morgan fingerprint density at radius 1 is 1.27 bits per heavy atom. The first kappa shape index (κ1) is 18.4. The Bertz CT molecular complexity index is 929. The third kappa shape index (κ3) is 3.58. The number of ether oxygens (including phenoxy) is 1. The molecular weight excluding hydrogens is 350 g/mol. The third-order valence-corrected chi connectivity index (χ3v) is 6.20. The SMILES string of the molecule is COc1cccc(C(CN)NS(=O)(=O)c2ccc(C3(C#N)CC3)cc2)c1. The zero-order chi connectivity index (χ0) is 18.8. The number of benzene rings is 2. The van der Waals surface area contributed by atoms with Gasteiger partial charge in [-0.15, -0.1) is 0 Å². The van der Waals surface area contributed by atoms with Gasteiger partial charge >= 0.3 is 0 Å². The first-order valence-corrected chi connectivity index (χ1v) is 9.80.